The van der Waals surface area contributed by atoms with E-state index in [1.165, 1.54) is 0 Å². The number of aliphatic hydroxyl groups is 1. The van der Waals surface area contributed by atoms with E-state index in [4.69, 9.17) is 14.2 Å². The fraction of sp³-hybridized carbons (Fsp3) is 0.476. The summed E-state index contributed by atoms with van der Waals surface area (Å²) in [4.78, 5) is 9.09. The standard InChI is InChI=1S/C21H27N3O4/c25-19(15-26-14-17-4-5-20-21(11-17)28-16-27-20)13-24-9-7-23(8-10-24)12-18-3-1-2-6-22-18/h1-6,11,19,25H,7-10,12-16H2/t19-/m0/s1. The molecule has 0 bridgehead atoms. The molecule has 2 aliphatic rings. The molecule has 1 atom stereocenters. The molecule has 0 saturated carbocycles. The van der Waals surface area contributed by atoms with Gasteiger partial charge < -0.3 is 19.3 Å². The second kappa shape index (κ2) is 9.34. The molecule has 0 radical (unpaired) electrons. The van der Waals surface area contributed by atoms with Gasteiger partial charge >= 0.3 is 0 Å². The SMILES string of the molecule is O[C@H](COCc1ccc2c(c1)OCO2)CN1CCN(Cc2ccccn2)CC1. The Morgan fingerprint density at radius 3 is 2.68 bits per heavy atom. The average molecular weight is 385 g/mol. The van der Waals surface area contributed by atoms with Crippen LogP contribution in [0.1, 0.15) is 11.3 Å². The Hall–Kier alpha value is -2.19. The van der Waals surface area contributed by atoms with Gasteiger partial charge in [-0.3, -0.25) is 14.8 Å². The Balaban J connectivity index is 1.13. The van der Waals surface area contributed by atoms with Crippen molar-refractivity contribution in [3.63, 3.8) is 0 Å². The van der Waals surface area contributed by atoms with Gasteiger partial charge in [0.05, 0.1) is 25.0 Å². The minimum Gasteiger partial charge on any atom is -0.454 e. The number of nitrogens with zero attached hydrogens (tertiary/aromatic N) is 3. The van der Waals surface area contributed by atoms with Crippen LogP contribution in [0.5, 0.6) is 11.5 Å². The predicted octanol–water partition coefficient (Wildman–Crippen LogP) is 1.51. The van der Waals surface area contributed by atoms with Crippen molar-refractivity contribution in [1.29, 1.82) is 0 Å². The van der Waals surface area contributed by atoms with Gasteiger partial charge in [-0.1, -0.05) is 12.1 Å². The van der Waals surface area contributed by atoms with Crippen LogP contribution in [0.3, 0.4) is 0 Å². The van der Waals surface area contributed by atoms with Gasteiger partial charge in [0.2, 0.25) is 6.79 Å². The number of rotatable bonds is 8. The van der Waals surface area contributed by atoms with E-state index in [1.54, 1.807) is 0 Å². The summed E-state index contributed by atoms with van der Waals surface area (Å²) in [6.45, 7) is 6.44. The molecule has 28 heavy (non-hydrogen) atoms. The van der Waals surface area contributed by atoms with Gasteiger partial charge in [-0.05, 0) is 29.8 Å². The minimum absolute atomic E-state index is 0.271. The van der Waals surface area contributed by atoms with Crippen molar-refractivity contribution >= 4 is 0 Å². The molecule has 3 heterocycles. The molecule has 0 spiro atoms. The summed E-state index contributed by atoms with van der Waals surface area (Å²) in [5, 5.41) is 10.3. The molecule has 0 aliphatic carbocycles. The maximum Gasteiger partial charge on any atom is 0.231 e. The van der Waals surface area contributed by atoms with E-state index in [1.807, 2.05) is 36.5 Å². The molecule has 1 aromatic heterocycles. The quantitative estimate of drug-likeness (QED) is 0.739. The van der Waals surface area contributed by atoms with Crippen LogP contribution in [0.25, 0.3) is 0 Å². The van der Waals surface area contributed by atoms with E-state index in [0.29, 0.717) is 19.8 Å². The maximum absolute atomic E-state index is 10.3. The molecule has 1 fully saturated rings. The van der Waals surface area contributed by atoms with Crippen LogP contribution in [-0.2, 0) is 17.9 Å². The van der Waals surface area contributed by atoms with Crippen molar-refractivity contribution < 1.29 is 19.3 Å². The number of hydrogen-bond donors (Lipinski definition) is 1. The number of ether oxygens (including phenoxy) is 3. The second-order valence-corrected chi connectivity index (χ2v) is 7.25. The normalized spacial score (nSPS) is 18.3. The Kier molecular flexibility index (Phi) is 6.38. The van der Waals surface area contributed by atoms with Crippen LogP contribution in [0.2, 0.25) is 0 Å². The summed E-state index contributed by atoms with van der Waals surface area (Å²) in [5.74, 6) is 1.52. The maximum atomic E-state index is 10.3. The number of aromatic nitrogens is 1. The number of hydrogen-bond acceptors (Lipinski definition) is 7. The van der Waals surface area contributed by atoms with Crippen molar-refractivity contribution in [2.75, 3.05) is 46.1 Å². The minimum atomic E-state index is -0.489. The van der Waals surface area contributed by atoms with E-state index in [2.05, 4.69) is 20.9 Å². The first kappa shape index (κ1) is 19.1. The van der Waals surface area contributed by atoms with Gasteiger partial charge in [0.15, 0.2) is 11.5 Å². The van der Waals surface area contributed by atoms with E-state index in [0.717, 1.165) is 55.5 Å². The lowest BCUT2D eigenvalue weighted by atomic mass is 10.2. The lowest BCUT2D eigenvalue weighted by Crippen LogP contribution is -2.48. The third kappa shape index (κ3) is 5.20. The molecule has 1 saturated heterocycles. The molecule has 4 rings (SSSR count). The molecule has 7 nitrogen and oxygen atoms in total. The summed E-state index contributed by atoms with van der Waals surface area (Å²) < 4.78 is 16.4. The second-order valence-electron chi connectivity index (χ2n) is 7.25. The van der Waals surface area contributed by atoms with E-state index < -0.39 is 6.10 Å². The molecule has 1 N–H and O–H groups in total. The zero-order valence-corrected chi connectivity index (χ0v) is 16.0. The van der Waals surface area contributed by atoms with Crippen LogP contribution in [0.15, 0.2) is 42.6 Å². The Morgan fingerprint density at radius 2 is 1.86 bits per heavy atom. The number of fused-ring (bicyclic) bond motifs is 1. The predicted molar refractivity (Wildman–Crippen MR) is 104 cm³/mol. The number of aliphatic hydroxyl groups excluding tert-OH is 1. The van der Waals surface area contributed by atoms with Gasteiger partial charge in [-0.15, -0.1) is 0 Å². The third-order valence-corrected chi connectivity index (χ3v) is 5.06. The first-order chi connectivity index (χ1) is 13.8. The largest absolute Gasteiger partial charge is 0.454 e. The summed E-state index contributed by atoms with van der Waals surface area (Å²) in [6, 6.07) is 11.8. The van der Waals surface area contributed by atoms with Gasteiger partial charge in [-0.2, -0.15) is 0 Å². The highest BCUT2D eigenvalue weighted by Crippen LogP contribution is 2.32. The summed E-state index contributed by atoms with van der Waals surface area (Å²) >= 11 is 0. The lowest BCUT2D eigenvalue weighted by molar-refractivity contribution is 0.000779. The van der Waals surface area contributed by atoms with Crippen molar-refractivity contribution in [1.82, 2.24) is 14.8 Å². The number of β-amino-alcohol motifs (C(OH)–C–C–N with tert-alkyl or cyclic N) is 1. The van der Waals surface area contributed by atoms with Crippen LogP contribution < -0.4 is 9.47 Å². The molecule has 0 amide bonds. The Labute approximate surface area is 165 Å². The number of piperazine rings is 1. The third-order valence-electron chi connectivity index (χ3n) is 5.06. The van der Waals surface area contributed by atoms with Gasteiger partial charge in [0.25, 0.3) is 0 Å². The van der Waals surface area contributed by atoms with Crippen LogP contribution in [0, 0.1) is 0 Å². The van der Waals surface area contributed by atoms with Gasteiger partial charge in [-0.25, -0.2) is 0 Å². The van der Waals surface area contributed by atoms with Crippen molar-refractivity contribution in [3.8, 4) is 11.5 Å². The molecule has 150 valence electrons. The lowest BCUT2D eigenvalue weighted by Gasteiger charge is -2.35. The van der Waals surface area contributed by atoms with Gasteiger partial charge in [0.1, 0.15) is 0 Å². The fourth-order valence-corrected chi connectivity index (χ4v) is 3.55. The zero-order chi connectivity index (χ0) is 19.2. The van der Waals surface area contributed by atoms with Crippen molar-refractivity contribution in [2.24, 2.45) is 0 Å². The summed E-state index contributed by atoms with van der Waals surface area (Å²) in [6.07, 6.45) is 1.35. The molecule has 2 aromatic rings. The van der Waals surface area contributed by atoms with Crippen LogP contribution >= 0.6 is 0 Å². The molecular weight excluding hydrogens is 358 g/mol. The van der Waals surface area contributed by atoms with E-state index in [9.17, 15) is 5.11 Å². The van der Waals surface area contributed by atoms with Crippen LogP contribution in [0.4, 0.5) is 0 Å². The molecular formula is C21H27N3O4. The Morgan fingerprint density at radius 1 is 1.04 bits per heavy atom. The van der Waals surface area contributed by atoms with Crippen molar-refractivity contribution in [2.45, 2.75) is 19.3 Å². The number of benzene rings is 1. The molecule has 1 aromatic carbocycles. The highest BCUT2D eigenvalue weighted by Gasteiger charge is 2.20. The summed E-state index contributed by atoms with van der Waals surface area (Å²) in [5.41, 5.74) is 2.12. The fourth-order valence-electron chi connectivity index (χ4n) is 3.55. The molecule has 7 heteroatoms. The topological polar surface area (TPSA) is 67.3 Å². The first-order valence-electron chi connectivity index (χ1n) is 9.75. The van der Waals surface area contributed by atoms with Crippen molar-refractivity contribution in [3.05, 3.63) is 53.9 Å². The highest BCUT2D eigenvalue weighted by molar-refractivity contribution is 5.44. The van der Waals surface area contributed by atoms with Gasteiger partial charge in [0, 0.05) is 45.5 Å². The zero-order valence-electron chi connectivity index (χ0n) is 16.0. The first-order valence-corrected chi connectivity index (χ1v) is 9.75. The summed E-state index contributed by atoms with van der Waals surface area (Å²) in [7, 11) is 0. The number of pyridine rings is 1. The van der Waals surface area contributed by atoms with Crippen LogP contribution in [-0.4, -0.2) is 72.1 Å². The molecule has 0 unspecified atom stereocenters. The smallest absolute Gasteiger partial charge is 0.231 e. The highest BCUT2D eigenvalue weighted by atomic mass is 16.7. The monoisotopic (exact) mass is 385 g/mol. The van der Waals surface area contributed by atoms with E-state index in [-0.39, 0.29) is 6.79 Å². The van der Waals surface area contributed by atoms with E-state index >= 15 is 0 Å². The molecule has 2 aliphatic heterocycles. The average Bonchev–Trinajstić information content (AvgIpc) is 3.18. The Bertz CT molecular complexity index is 751.